The number of nitrogens with zero attached hydrogens (tertiary/aromatic N) is 3. The first kappa shape index (κ1) is 12.5. The average molecular weight is 273 g/mol. The van der Waals surface area contributed by atoms with Crippen molar-refractivity contribution in [2.45, 2.75) is 26.7 Å². The largest absolute Gasteiger partial charge is 0.417 e. The van der Waals surface area contributed by atoms with Gasteiger partial charge in [-0.2, -0.15) is 5.10 Å². The molecule has 1 aromatic carbocycles. The Balaban J connectivity index is 2.25. The number of rotatable bonds is 3. The van der Waals surface area contributed by atoms with E-state index in [0.29, 0.717) is 22.5 Å². The van der Waals surface area contributed by atoms with Crippen molar-refractivity contribution in [1.29, 1.82) is 0 Å². The van der Waals surface area contributed by atoms with Crippen molar-refractivity contribution in [1.82, 2.24) is 19.7 Å². The van der Waals surface area contributed by atoms with E-state index in [1.165, 1.54) is 0 Å². The molecule has 3 rings (SSSR count). The fourth-order valence-corrected chi connectivity index (χ4v) is 2.15. The van der Waals surface area contributed by atoms with E-state index >= 15 is 0 Å². The molecule has 7 nitrogen and oxygen atoms in total. The molecule has 0 aliphatic carbocycles. The Labute approximate surface area is 114 Å². The summed E-state index contributed by atoms with van der Waals surface area (Å²) in [4.78, 5) is 18.3. The van der Waals surface area contributed by atoms with Gasteiger partial charge in [0.25, 0.3) is 0 Å². The van der Waals surface area contributed by atoms with Gasteiger partial charge in [0, 0.05) is 18.9 Å². The van der Waals surface area contributed by atoms with Crippen molar-refractivity contribution in [2.24, 2.45) is 0 Å². The molecule has 3 N–H and O–H groups in total. The maximum Gasteiger partial charge on any atom is 0.417 e. The number of oxazole rings is 1. The smallest absolute Gasteiger partial charge is 0.408 e. The molecule has 3 aromatic rings. The summed E-state index contributed by atoms with van der Waals surface area (Å²) in [5.41, 5.74) is 8.25. The quantitative estimate of drug-likeness (QED) is 0.702. The molecule has 0 aliphatic rings. The van der Waals surface area contributed by atoms with Crippen LogP contribution in [0.4, 0.5) is 5.69 Å². The number of nitrogen functional groups attached to an aromatic ring is 1. The average Bonchev–Trinajstić information content (AvgIpc) is 2.99. The lowest BCUT2D eigenvalue weighted by molar-refractivity contribution is 0.555. The molecule has 0 saturated carbocycles. The van der Waals surface area contributed by atoms with Crippen molar-refractivity contribution < 1.29 is 4.42 Å². The molecule has 20 heavy (non-hydrogen) atoms. The maximum atomic E-state index is 11.2. The van der Waals surface area contributed by atoms with Crippen LogP contribution in [0.5, 0.6) is 0 Å². The van der Waals surface area contributed by atoms with Crippen molar-refractivity contribution in [3.05, 3.63) is 34.3 Å². The van der Waals surface area contributed by atoms with Gasteiger partial charge in [-0.05, 0) is 6.07 Å². The van der Waals surface area contributed by atoms with Crippen molar-refractivity contribution in [2.75, 3.05) is 5.73 Å². The van der Waals surface area contributed by atoms with E-state index in [1.807, 2.05) is 13.8 Å². The van der Waals surface area contributed by atoms with Crippen molar-refractivity contribution in [3.8, 4) is 5.69 Å². The van der Waals surface area contributed by atoms with E-state index in [4.69, 9.17) is 10.2 Å². The third-order valence-electron chi connectivity index (χ3n) is 3.15. The Morgan fingerprint density at radius 3 is 2.85 bits per heavy atom. The SMILES string of the molecule is CCc1nc(CC)n(-c2cc3[nH]c(=O)oc3cc2N)n1. The number of fused-ring (bicyclic) bond motifs is 1. The molecule has 0 atom stereocenters. The number of nitrogens with two attached hydrogens (primary N) is 1. The van der Waals surface area contributed by atoms with Gasteiger partial charge in [0.05, 0.1) is 16.9 Å². The lowest BCUT2D eigenvalue weighted by atomic mass is 10.2. The number of aromatic amines is 1. The third kappa shape index (κ3) is 1.87. The lowest BCUT2D eigenvalue weighted by Crippen LogP contribution is -2.05. The summed E-state index contributed by atoms with van der Waals surface area (Å²) < 4.78 is 6.71. The zero-order chi connectivity index (χ0) is 14.3. The molecule has 104 valence electrons. The Bertz CT molecular complexity index is 827. The minimum Gasteiger partial charge on any atom is -0.408 e. The first-order valence-electron chi connectivity index (χ1n) is 6.50. The van der Waals surface area contributed by atoms with Gasteiger partial charge in [0.15, 0.2) is 11.4 Å². The van der Waals surface area contributed by atoms with E-state index in [2.05, 4.69) is 15.1 Å². The highest BCUT2D eigenvalue weighted by Gasteiger charge is 2.14. The highest BCUT2D eigenvalue weighted by molar-refractivity contribution is 5.81. The van der Waals surface area contributed by atoms with Crippen LogP contribution in [0, 0.1) is 0 Å². The molecule has 0 aliphatic heterocycles. The number of benzene rings is 1. The van der Waals surface area contributed by atoms with Crippen molar-refractivity contribution in [3.63, 3.8) is 0 Å². The topological polar surface area (TPSA) is 103 Å². The minimum atomic E-state index is -0.500. The molecular formula is C13H15N5O2. The molecule has 0 bridgehead atoms. The summed E-state index contributed by atoms with van der Waals surface area (Å²) in [6.07, 6.45) is 1.50. The van der Waals surface area contributed by atoms with E-state index in [-0.39, 0.29) is 0 Å². The zero-order valence-corrected chi connectivity index (χ0v) is 11.3. The summed E-state index contributed by atoms with van der Waals surface area (Å²) >= 11 is 0. The summed E-state index contributed by atoms with van der Waals surface area (Å²) in [6.45, 7) is 4.01. The van der Waals surface area contributed by atoms with Crippen LogP contribution in [0.25, 0.3) is 16.8 Å². The molecule has 0 saturated heterocycles. The van der Waals surface area contributed by atoms with E-state index in [0.717, 1.165) is 24.5 Å². The molecule has 0 radical (unpaired) electrons. The summed E-state index contributed by atoms with van der Waals surface area (Å²) in [5, 5.41) is 4.45. The number of anilines is 1. The third-order valence-corrected chi connectivity index (χ3v) is 3.15. The van der Waals surface area contributed by atoms with Crippen molar-refractivity contribution >= 4 is 16.8 Å². The molecule has 0 unspecified atom stereocenters. The van der Waals surface area contributed by atoms with Crippen LogP contribution in [0.2, 0.25) is 0 Å². The number of aromatic nitrogens is 4. The number of aryl methyl sites for hydroxylation is 2. The molecule has 0 spiro atoms. The van der Waals surface area contributed by atoms with Gasteiger partial charge in [0.1, 0.15) is 5.82 Å². The highest BCUT2D eigenvalue weighted by Crippen LogP contribution is 2.24. The fourth-order valence-electron chi connectivity index (χ4n) is 2.15. The second-order valence-corrected chi connectivity index (χ2v) is 4.48. The zero-order valence-electron chi connectivity index (χ0n) is 11.3. The summed E-state index contributed by atoms with van der Waals surface area (Å²) in [5.74, 6) is 1.10. The van der Waals surface area contributed by atoms with Crippen LogP contribution in [0.15, 0.2) is 21.3 Å². The van der Waals surface area contributed by atoms with E-state index < -0.39 is 5.76 Å². The molecule has 2 heterocycles. The highest BCUT2D eigenvalue weighted by atomic mass is 16.4. The first-order chi connectivity index (χ1) is 9.62. The van der Waals surface area contributed by atoms with Gasteiger partial charge in [0.2, 0.25) is 0 Å². The van der Waals surface area contributed by atoms with Crippen LogP contribution in [-0.2, 0) is 12.8 Å². The van der Waals surface area contributed by atoms with Crippen LogP contribution in [0.3, 0.4) is 0 Å². The number of H-pyrrole nitrogens is 1. The monoisotopic (exact) mass is 273 g/mol. The second kappa shape index (κ2) is 4.52. The Morgan fingerprint density at radius 2 is 2.15 bits per heavy atom. The Kier molecular flexibility index (Phi) is 2.81. The molecule has 0 fully saturated rings. The molecular weight excluding hydrogens is 258 g/mol. The summed E-state index contributed by atoms with van der Waals surface area (Å²) in [7, 11) is 0. The van der Waals surface area contributed by atoms with Gasteiger partial charge in [-0.3, -0.25) is 4.98 Å². The standard InChI is InChI=1S/C13H15N5O2/c1-3-11-16-12(4-2)18(17-11)9-6-8-10(5-7(9)14)20-13(19)15-8/h5-6H,3-4,14H2,1-2H3,(H,15,19). The first-order valence-corrected chi connectivity index (χ1v) is 6.50. The van der Waals surface area contributed by atoms with Crippen LogP contribution >= 0.6 is 0 Å². The van der Waals surface area contributed by atoms with E-state index in [9.17, 15) is 4.79 Å². The van der Waals surface area contributed by atoms with E-state index in [1.54, 1.807) is 16.8 Å². The van der Waals surface area contributed by atoms with Gasteiger partial charge >= 0.3 is 5.76 Å². The van der Waals surface area contributed by atoms with Gasteiger partial charge in [-0.25, -0.2) is 14.5 Å². The predicted molar refractivity (Wildman–Crippen MR) is 74.9 cm³/mol. The molecule has 2 aromatic heterocycles. The fraction of sp³-hybridized carbons (Fsp3) is 0.308. The van der Waals surface area contributed by atoms with Crippen LogP contribution in [0.1, 0.15) is 25.5 Å². The van der Waals surface area contributed by atoms with Gasteiger partial charge < -0.3 is 10.2 Å². The summed E-state index contributed by atoms with van der Waals surface area (Å²) in [6, 6.07) is 3.37. The van der Waals surface area contributed by atoms with Crippen LogP contribution < -0.4 is 11.5 Å². The Morgan fingerprint density at radius 1 is 1.35 bits per heavy atom. The minimum absolute atomic E-state index is 0.435. The second-order valence-electron chi connectivity index (χ2n) is 4.48. The molecule has 0 amide bonds. The number of hydrogen-bond acceptors (Lipinski definition) is 5. The number of nitrogens with one attached hydrogen (secondary N) is 1. The molecule has 7 heteroatoms. The lowest BCUT2D eigenvalue weighted by Gasteiger charge is -2.07. The number of hydrogen-bond donors (Lipinski definition) is 2. The maximum absolute atomic E-state index is 11.2. The normalized spacial score (nSPS) is 11.3. The van der Waals surface area contributed by atoms with Gasteiger partial charge in [-0.1, -0.05) is 13.8 Å². The predicted octanol–water partition coefficient (Wildman–Crippen LogP) is 1.41. The van der Waals surface area contributed by atoms with Gasteiger partial charge in [-0.15, -0.1) is 0 Å². The Hall–Kier alpha value is -2.57. The van der Waals surface area contributed by atoms with Crippen LogP contribution in [-0.4, -0.2) is 19.7 Å².